The minimum Gasteiger partial charge on any atom is -0.365 e. The number of benzene rings is 1. The van der Waals surface area contributed by atoms with Crippen molar-refractivity contribution in [2.45, 2.75) is 57.7 Å². The number of aromatic nitrogens is 2. The predicted octanol–water partition coefficient (Wildman–Crippen LogP) is 4.20. The number of hydrogen-bond donors (Lipinski definition) is 2. The Morgan fingerprint density at radius 1 is 1.18 bits per heavy atom. The van der Waals surface area contributed by atoms with Gasteiger partial charge < -0.3 is 20.1 Å². The van der Waals surface area contributed by atoms with Gasteiger partial charge in [-0.25, -0.2) is 27.5 Å². The van der Waals surface area contributed by atoms with E-state index < -0.39 is 36.2 Å². The molecule has 1 unspecified atom stereocenters. The molecule has 4 rings (SSSR count). The van der Waals surface area contributed by atoms with Gasteiger partial charge in [-0.3, -0.25) is 4.79 Å². The van der Waals surface area contributed by atoms with Gasteiger partial charge in [-0.1, -0.05) is 18.2 Å². The molecular weight excluding hydrogens is 444 g/mol. The first-order chi connectivity index (χ1) is 15.8. The molecule has 2 heterocycles. The van der Waals surface area contributed by atoms with Crippen molar-refractivity contribution in [3.05, 3.63) is 52.2 Å². The topological polar surface area (TPSA) is 85.4 Å². The van der Waals surface area contributed by atoms with Gasteiger partial charge in [0.15, 0.2) is 6.29 Å². The van der Waals surface area contributed by atoms with Crippen molar-refractivity contribution in [1.29, 1.82) is 0 Å². The first kappa shape index (κ1) is 23.4. The first-order valence-corrected chi connectivity index (χ1v) is 10.7. The van der Waals surface area contributed by atoms with Crippen molar-refractivity contribution in [1.82, 2.24) is 15.3 Å². The molecule has 1 saturated carbocycles. The number of nitrogens with zero attached hydrogens (tertiary/aromatic N) is 2. The van der Waals surface area contributed by atoms with E-state index in [1.165, 1.54) is 19.1 Å². The Kier molecular flexibility index (Phi) is 7.08. The fraction of sp³-hybridized carbons (Fsp3) is 0.500. The summed E-state index contributed by atoms with van der Waals surface area (Å²) in [5.74, 6) is -1.62. The number of halogens is 4. The maximum atomic E-state index is 15.3. The number of ether oxygens (including phenoxy) is 2. The van der Waals surface area contributed by atoms with Crippen molar-refractivity contribution in [2.24, 2.45) is 0 Å². The van der Waals surface area contributed by atoms with Crippen LogP contribution in [-0.4, -0.2) is 35.1 Å². The third kappa shape index (κ3) is 5.09. The van der Waals surface area contributed by atoms with Gasteiger partial charge in [0.05, 0.1) is 30.0 Å². The van der Waals surface area contributed by atoms with Crippen LogP contribution in [0.25, 0.3) is 0 Å². The minimum atomic E-state index is -2.96. The van der Waals surface area contributed by atoms with Gasteiger partial charge >= 0.3 is 0 Å². The fourth-order valence-electron chi connectivity index (χ4n) is 3.72. The van der Waals surface area contributed by atoms with Crippen molar-refractivity contribution >= 4 is 11.7 Å². The summed E-state index contributed by atoms with van der Waals surface area (Å²) in [5, 5.41) is 5.51. The van der Waals surface area contributed by atoms with E-state index in [-0.39, 0.29) is 54.3 Å². The quantitative estimate of drug-likeness (QED) is 0.565. The van der Waals surface area contributed by atoms with Crippen molar-refractivity contribution in [3.8, 4) is 0 Å². The average Bonchev–Trinajstić information content (AvgIpc) is 3.28. The Morgan fingerprint density at radius 2 is 1.91 bits per heavy atom. The maximum absolute atomic E-state index is 15.3. The molecule has 7 nitrogen and oxygen atoms in total. The highest BCUT2D eigenvalue weighted by atomic mass is 19.3. The minimum absolute atomic E-state index is 0.0238. The molecule has 1 aromatic carbocycles. The number of alkyl halides is 3. The van der Waals surface area contributed by atoms with E-state index in [9.17, 15) is 18.0 Å². The maximum Gasteiger partial charge on any atom is 0.266 e. The lowest BCUT2D eigenvalue weighted by molar-refractivity contribution is -0.127. The van der Waals surface area contributed by atoms with Crippen molar-refractivity contribution in [3.63, 3.8) is 0 Å². The van der Waals surface area contributed by atoms with E-state index in [1.807, 2.05) is 0 Å². The molecule has 0 spiro atoms. The van der Waals surface area contributed by atoms with E-state index in [1.54, 1.807) is 0 Å². The second kappa shape index (κ2) is 10.0. The number of amides is 1. The smallest absolute Gasteiger partial charge is 0.266 e. The Hall–Kier alpha value is -2.79. The van der Waals surface area contributed by atoms with Crippen LogP contribution in [0.2, 0.25) is 0 Å². The van der Waals surface area contributed by atoms with Crippen LogP contribution in [0.1, 0.15) is 66.4 Å². The zero-order valence-electron chi connectivity index (χ0n) is 17.9. The lowest BCUT2D eigenvalue weighted by Gasteiger charge is -2.27. The molecule has 1 atom stereocenters. The van der Waals surface area contributed by atoms with Gasteiger partial charge in [0.25, 0.3) is 12.3 Å². The van der Waals surface area contributed by atoms with Crippen LogP contribution in [0, 0.1) is 12.7 Å². The molecule has 2 N–H and O–H groups in total. The molecule has 1 aliphatic carbocycles. The summed E-state index contributed by atoms with van der Waals surface area (Å²) in [6.07, 6.45) is -3.54. The number of anilines is 1. The number of rotatable bonds is 8. The van der Waals surface area contributed by atoms with Gasteiger partial charge in [0.1, 0.15) is 17.5 Å². The van der Waals surface area contributed by atoms with Gasteiger partial charge in [0, 0.05) is 18.2 Å². The molecule has 1 aromatic heterocycles. The molecule has 2 fully saturated rings. The molecule has 1 saturated heterocycles. The van der Waals surface area contributed by atoms with Crippen LogP contribution in [-0.2, 0) is 20.8 Å². The summed E-state index contributed by atoms with van der Waals surface area (Å²) in [6.45, 7) is 1.79. The molecule has 2 aromatic rings. The van der Waals surface area contributed by atoms with Gasteiger partial charge in [-0.05, 0) is 26.2 Å². The van der Waals surface area contributed by atoms with Crippen LogP contribution in [0.3, 0.4) is 0 Å². The number of aryl methyl sites for hydroxylation is 1. The Bertz CT molecular complexity index is 1010. The summed E-state index contributed by atoms with van der Waals surface area (Å²) >= 11 is 0. The Labute approximate surface area is 187 Å². The van der Waals surface area contributed by atoms with E-state index in [4.69, 9.17) is 9.47 Å². The number of carbonyl (C=O) groups is 1. The summed E-state index contributed by atoms with van der Waals surface area (Å²) < 4.78 is 66.9. The van der Waals surface area contributed by atoms with Crippen LogP contribution < -0.4 is 10.6 Å². The summed E-state index contributed by atoms with van der Waals surface area (Å²) in [5.41, 5.74) is -0.868. The third-order valence-electron chi connectivity index (χ3n) is 5.66. The molecule has 0 radical (unpaired) electrons. The standard InChI is InChI=1S/C22H24F4N4O3/c1-11-28-18(17(24)21(31)30-13-5-3-6-13)15(22-32-8-9-33-22)20(29-11)27-10-12-4-2-7-14(16(12)23)19(25)26/h2,4,7,13,17,19,22H,3,5-6,8-10H2,1H3,(H,30,31)(H,27,28,29). The first-order valence-electron chi connectivity index (χ1n) is 10.7. The van der Waals surface area contributed by atoms with Crippen LogP contribution >= 0.6 is 0 Å². The van der Waals surface area contributed by atoms with Gasteiger partial charge in [-0.15, -0.1) is 0 Å². The van der Waals surface area contributed by atoms with Gasteiger partial charge in [0.2, 0.25) is 6.17 Å². The Balaban J connectivity index is 1.64. The fourth-order valence-corrected chi connectivity index (χ4v) is 3.72. The zero-order chi connectivity index (χ0) is 23.5. The second-order valence-electron chi connectivity index (χ2n) is 7.97. The molecular formula is C22H24F4N4O3. The highest BCUT2D eigenvalue weighted by Gasteiger charge is 2.35. The summed E-state index contributed by atoms with van der Waals surface area (Å²) in [6, 6.07) is 3.63. The van der Waals surface area contributed by atoms with Crippen molar-refractivity contribution in [2.75, 3.05) is 18.5 Å². The SMILES string of the molecule is Cc1nc(NCc2cccc(C(F)F)c2F)c(C2OCCO2)c(C(F)C(=O)NC2CCC2)n1. The highest BCUT2D eigenvalue weighted by Crippen LogP contribution is 2.36. The summed E-state index contributed by atoms with van der Waals surface area (Å²) in [7, 11) is 0. The molecule has 178 valence electrons. The molecule has 1 amide bonds. The van der Waals surface area contributed by atoms with E-state index in [0.29, 0.717) is 0 Å². The predicted molar refractivity (Wildman–Crippen MR) is 110 cm³/mol. The van der Waals surface area contributed by atoms with Crippen LogP contribution in [0.4, 0.5) is 23.4 Å². The molecule has 1 aliphatic heterocycles. The normalized spacial score (nSPS) is 17.8. The van der Waals surface area contributed by atoms with E-state index in [2.05, 4.69) is 20.6 Å². The van der Waals surface area contributed by atoms with Crippen molar-refractivity contribution < 1.29 is 31.8 Å². The Morgan fingerprint density at radius 3 is 2.55 bits per heavy atom. The van der Waals surface area contributed by atoms with E-state index >= 15 is 4.39 Å². The number of carbonyl (C=O) groups excluding carboxylic acids is 1. The summed E-state index contributed by atoms with van der Waals surface area (Å²) in [4.78, 5) is 20.9. The monoisotopic (exact) mass is 468 g/mol. The number of nitrogens with one attached hydrogen (secondary N) is 2. The van der Waals surface area contributed by atoms with Gasteiger partial charge in [-0.2, -0.15) is 0 Å². The van der Waals surface area contributed by atoms with Crippen LogP contribution in [0.5, 0.6) is 0 Å². The highest BCUT2D eigenvalue weighted by molar-refractivity contribution is 5.82. The lowest BCUT2D eigenvalue weighted by atomic mass is 9.93. The van der Waals surface area contributed by atoms with Crippen LogP contribution in [0.15, 0.2) is 18.2 Å². The lowest BCUT2D eigenvalue weighted by Crippen LogP contribution is -2.41. The number of hydrogen-bond acceptors (Lipinski definition) is 6. The second-order valence-corrected chi connectivity index (χ2v) is 7.97. The molecule has 0 bridgehead atoms. The zero-order valence-corrected chi connectivity index (χ0v) is 17.9. The average molecular weight is 468 g/mol. The molecule has 11 heteroatoms. The van der Waals surface area contributed by atoms with E-state index in [0.717, 1.165) is 25.3 Å². The largest absolute Gasteiger partial charge is 0.365 e. The third-order valence-corrected chi connectivity index (χ3v) is 5.66. The molecule has 2 aliphatic rings. The molecule has 33 heavy (non-hydrogen) atoms.